The van der Waals surface area contributed by atoms with Crippen molar-refractivity contribution in [3.8, 4) is 0 Å². The summed E-state index contributed by atoms with van der Waals surface area (Å²) in [6.45, 7) is 5.92. The zero-order chi connectivity index (χ0) is 13.5. The lowest BCUT2D eigenvalue weighted by Crippen LogP contribution is -2.47. The van der Waals surface area contributed by atoms with Crippen molar-refractivity contribution in [2.75, 3.05) is 31.8 Å². The number of rotatable bonds is 7. The van der Waals surface area contributed by atoms with Crippen LogP contribution in [0, 0.1) is 5.92 Å². The van der Waals surface area contributed by atoms with Crippen molar-refractivity contribution in [3.63, 3.8) is 0 Å². The molecule has 0 radical (unpaired) electrons. The topological polar surface area (TPSA) is 67.4 Å². The van der Waals surface area contributed by atoms with Crippen molar-refractivity contribution in [1.82, 2.24) is 10.6 Å². The van der Waals surface area contributed by atoms with Gasteiger partial charge in [0.1, 0.15) is 0 Å². The summed E-state index contributed by atoms with van der Waals surface area (Å²) in [6, 6.07) is 0.0417. The van der Waals surface area contributed by atoms with E-state index in [9.17, 15) is 9.00 Å². The highest BCUT2D eigenvalue weighted by Gasteiger charge is 2.33. The molecule has 1 fully saturated rings. The summed E-state index contributed by atoms with van der Waals surface area (Å²) >= 11 is 0. The summed E-state index contributed by atoms with van der Waals surface area (Å²) in [4.78, 5) is 12.1. The molecule has 6 heteroatoms. The highest BCUT2D eigenvalue weighted by Crippen LogP contribution is 2.14. The van der Waals surface area contributed by atoms with E-state index in [0.29, 0.717) is 19.0 Å². The monoisotopic (exact) mass is 276 g/mol. The number of hydrogen-bond donors (Lipinski definition) is 2. The molecule has 0 aromatic carbocycles. The third kappa shape index (κ3) is 5.04. The van der Waals surface area contributed by atoms with Crippen LogP contribution in [0.2, 0.25) is 0 Å². The van der Waals surface area contributed by atoms with Gasteiger partial charge in [0.15, 0.2) is 0 Å². The van der Waals surface area contributed by atoms with Gasteiger partial charge in [0, 0.05) is 34.9 Å². The Balaban J connectivity index is 2.42. The third-order valence-corrected chi connectivity index (χ3v) is 3.92. The van der Waals surface area contributed by atoms with Crippen LogP contribution in [-0.2, 0) is 20.3 Å². The zero-order valence-corrected chi connectivity index (χ0v) is 12.2. The van der Waals surface area contributed by atoms with Gasteiger partial charge < -0.3 is 15.4 Å². The summed E-state index contributed by atoms with van der Waals surface area (Å²) in [5.74, 6) is 0.357. The van der Waals surface area contributed by atoms with Crippen LogP contribution in [0.3, 0.4) is 0 Å². The van der Waals surface area contributed by atoms with Gasteiger partial charge in [-0.05, 0) is 19.9 Å². The minimum absolute atomic E-state index is 0.000877. The Morgan fingerprint density at radius 3 is 2.83 bits per heavy atom. The van der Waals surface area contributed by atoms with Gasteiger partial charge in [-0.3, -0.25) is 9.00 Å². The van der Waals surface area contributed by atoms with Crippen LogP contribution >= 0.6 is 0 Å². The first-order valence-corrected chi connectivity index (χ1v) is 8.18. The van der Waals surface area contributed by atoms with Crippen LogP contribution in [0.4, 0.5) is 0 Å². The maximum Gasteiger partial charge on any atom is 0.227 e. The average molecular weight is 276 g/mol. The van der Waals surface area contributed by atoms with Gasteiger partial charge in [0.05, 0.1) is 19.1 Å². The fraction of sp³-hybridized carbons (Fsp3) is 0.917. The molecule has 4 unspecified atom stereocenters. The molecule has 4 atom stereocenters. The van der Waals surface area contributed by atoms with Crippen molar-refractivity contribution in [2.45, 2.75) is 32.4 Å². The molecule has 2 N–H and O–H groups in total. The van der Waals surface area contributed by atoms with Crippen molar-refractivity contribution in [2.24, 2.45) is 5.92 Å². The van der Waals surface area contributed by atoms with Crippen LogP contribution < -0.4 is 10.6 Å². The SMILES string of the molecule is CCCNC1COCC1C(=O)NC(C)CS(C)=O. The number of ether oxygens (including phenoxy) is 1. The lowest BCUT2D eigenvalue weighted by atomic mass is 10.0. The van der Waals surface area contributed by atoms with E-state index in [2.05, 4.69) is 17.6 Å². The van der Waals surface area contributed by atoms with E-state index in [4.69, 9.17) is 4.74 Å². The summed E-state index contributed by atoms with van der Waals surface area (Å²) < 4.78 is 16.5. The van der Waals surface area contributed by atoms with Gasteiger partial charge in [-0.1, -0.05) is 6.92 Å². The van der Waals surface area contributed by atoms with Crippen LogP contribution in [0.25, 0.3) is 0 Å². The van der Waals surface area contributed by atoms with Gasteiger partial charge in [-0.15, -0.1) is 0 Å². The Morgan fingerprint density at radius 1 is 1.50 bits per heavy atom. The molecule has 0 spiro atoms. The van der Waals surface area contributed by atoms with Gasteiger partial charge in [-0.25, -0.2) is 0 Å². The molecular weight excluding hydrogens is 252 g/mol. The first-order chi connectivity index (χ1) is 8.54. The van der Waals surface area contributed by atoms with E-state index in [1.54, 1.807) is 6.26 Å². The molecule has 1 aliphatic heterocycles. The van der Waals surface area contributed by atoms with Gasteiger partial charge in [0.2, 0.25) is 5.91 Å². The Bertz CT molecular complexity index is 299. The second-order valence-electron chi connectivity index (χ2n) is 4.85. The fourth-order valence-corrected chi connectivity index (χ4v) is 2.87. The van der Waals surface area contributed by atoms with Gasteiger partial charge in [-0.2, -0.15) is 0 Å². The molecule has 1 amide bonds. The Morgan fingerprint density at radius 2 is 2.22 bits per heavy atom. The van der Waals surface area contributed by atoms with E-state index < -0.39 is 10.8 Å². The standard InChI is InChI=1S/C12H24N2O3S/c1-4-5-13-11-7-17-6-10(11)12(15)14-9(2)8-18(3)16/h9-11,13H,4-8H2,1-3H3,(H,14,15). The molecule has 1 saturated heterocycles. The highest BCUT2D eigenvalue weighted by atomic mass is 32.2. The lowest BCUT2D eigenvalue weighted by Gasteiger charge is -2.20. The molecule has 0 aromatic heterocycles. The molecule has 106 valence electrons. The molecule has 18 heavy (non-hydrogen) atoms. The largest absolute Gasteiger partial charge is 0.379 e. The second kappa shape index (κ2) is 7.86. The number of hydrogen-bond acceptors (Lipinski definition) is 4. The number of carbonyl (C=O) groups is 1. The van der Waals surface area contributed by atoms with Crippen molar-refractivity contribution >= 4 is 16.7 Å². The number of carbonyl (C=O) groups excluding carboxylic acids is 1. The minimum Gasteiger partial charge on any atom is -0.379 e. The summed E-state index contributed by atoms with van der Waals surface area (Å²) in [5, 5.41) is 6.24. The van der Waals surface area contributed by atoms with Crippen LogP contribution in [0.1, 0.15) is 20.3 Å². The first-order valence-electron chi connectivity index (χ1n) is 6.46. The number of nitrogens with one attached hydrogen (secondary N) is 2. The third-order valence-electron chi connectivity index (χ3n) is 2.95. The van der Waals surface area contributed by atoms with Crippen LogP contribution in [0.5, 0.6) is 0 Å². The minimum atomic E-state index is -0.889. The maximum atomic E-state index is 12.1. The highest BCUT2D eigenvalue weighted by molar-refractivity contribution is 7.84. The maximum absolute atomic E-state index is 12.1. The average Bonchev–Trinajstić information content (AvgIpc) is 2.72. The predicted octanol–water partition coefficient (Wildman–Crippen LogP) is -0.116. The first kappa shape index (κ1) is 15.6. The molecule has 0 saturated carbocycles. The summed E-state index contributed by atoms with van der Waals surface area (Å²) in [5.41, 5.74) is 0. The van der Waals surface area contributed by atoms with E-state index in [-0.39, 0.29) is 23.9 Å². The molecule has 1 aliphatic rings. The fourth-order valence-electron chi connectivity index (χ4n) is 2.09. The van der Waals surface area contributed by atoms with Crippen LogP contribution in [0.15, 0.2) is 0 Å². The lowest BCUT2D eigenvalue weighted by molar-refractivity contribution is -0.125. The number of amides is 1. The Labute approximate surface area is 111 Å². The quantitative estimate of drug-likeness (QED) is 0.680. The van der Waals surface area contributed by atoms with Gasteiger partial charge in [0.25, 0.3) is 0 Å². The van der Waals surface area contributed by atoms with E-state index in [1.165, 1.54) is 0 Å². The van der Waals surface area contributed by atoms with Gasteiger partial charge >= 0.3 is 0 Å². The van der Waals surface area contributed by atoms with E-state index in [0.717, 1.165) is 13.0 Å². The molecule has 0 aromatic rings. The Hall–Kier alpha value is -0.460. The molecule has 1 heterocycles. The predicted molar refractivity (Wildman–Crippen MR) is 72.9 cm³/mol. The van der Waals surface area contributed by atoms with Crippen molar-refractivity contribution < 1.29 is 13.7 Å². The van der Waals surface area contributed by atoms with Crippen LogP contribution in [-0.4, -0.2) is 54.0 Å². The summed E-state index contributed by atoms with van der Waals surface area (Å²) in [7, 11) is -0.889. The molecule has 5 nitrogen and oxygen atoms in total. The molecule has 0 bridgehead atoms. The second-order valence-corrected chi connectivity index (χ2v) is 6.33. The van der Waals surface area contributed by atoms with Crippen molar-refractivity contribution in [1.29, 1.82) is 0 Å². The molecular formula is C12H24N2O3S. The summed E-state index contributed by atoms with van der Waals surface area (Å²) in [6.07, 6.45) is 2.68. The van der Waals surface area contributed by atoms with E-state index in [1.807, 2.05) is 6.92 Å². The molecule has 0 aliphatic carbocycles. The smallest absolute Gasteiger partial charge is 0.227 e. The van der Waals surface area contributed by atoms with Crippen molar-refractivity contribution in [3.05, 3.63) is 0 Å². The zero-order valence-electron chi connectivity index (χ0n) is 11.4. The normalized spacial score (nSPS) is 26.8. The molecule has 1 rings (SSSR count). The van der Waals surface area contributed by atoms with E-state index >= 15 is 0 Å². The Kier molecular flexibility index (Phi) is 6.81.